The number of ether oxygens (including phenoxy) is 1. The van der Waals surface area contributed by atoms with E-state index in [2.05, 4.69) is 24.1 Å². The number of rotatable bonds is 5. The van der Waals surface area contributed by atoms with E-state index in [0.29, 0.717) is 17.6 Å². The summed E-state index contributed by atoms with van der Waals surface area (Å²) in [7, 11) is 0. The molecule has 0 bridgehead atoms. The van der Waals surface area contributed by atoms with E-state index in [4.69, 9.17) is 4.74 Å². The smallest absolute Gasteiger partial charge is 0.0678 e. The number of nitrogens with zero attached hydrogens (tertiary/aromatic N) is 1. The molecule has 0 radical (unpaired) electrons. The number of morpholine rings is 1. The van der Waals surface area contributed by atoms with Gasteiger partial charge in [0, 0.05) is 32.2 Å². The second-order valence-electron chi connectivity index (χ2n) is 8.02. The Labute approximate surface area is 130 Å². The van der Waals surface area contributed by atoms with E-state index in [1.807, 2.05) is 0 Å². The Morgan fingerprint density at radius 1 is 1.00 bits per heavy atom. The first kappa shape index (κ1) is 15.8. The highest BCUT2D eigenvalue weighted by Gasteiger charge is 2.36. The predicted octanol–water partition coefficient (Wildman–Crippen LogP) is 3.19. The Bertz CT molecular complexity index is 311. The fourth-order valence-electron chi connectivity index (χ4n) is 4.41. The second-order valence-corrected chi connectivity index (χ2v) is 8.02. The zero-order valence-corrected chi connectivity index (χ0v) is 14.1. The second kappa shape index (κ2) is 6.97. The molecule has 0 aromatic heterocycles. The van der Waals surface area contributed by atoms with Crippen LogP contribution in [0.5, 0.6) is 0 Å². The van der Waals surface area contributed by atoms with Gasteiger partial charge in [-0.15, -0.1) is 0 Å². The van der Waals surface area contributed by atoms with Crippen LogP contribution in [0.15, 0.2) is 0 Å². The molecular formula is C18H34N2O. The maximum atomic E-state index is 5.91. The van der Waals surface area contributed by atoms with Crippen LogP contribution >= 0.6 is 0 Å². The van der Waals surface area contributed by atoms with Crippen LogP contribution in [-0.2, 0) is 4.74 Å². The Morgan fingerprint density at radius 3 is 2.19 bits per heavy atom. The molecule has 0 aromatic rings. The molecule has 2 saturated carbocycles. The van der Waals surface area contributed by atoms with Crippen LogP contribution in [0.1, 0.15) is 65.2 Å². The van der Waals surface area contributed by atoms with Gasteiger partial charge in [0.15, 0.2) is 0 Å². The van der Waals surface area contributed by atoms with Gasteiger partial charge in [0.2, 0.25) is 0 Å². The van der Waals surface area contributed by atoms with Crippen LogP contribution in [0, 0.1) is 5.41 Å². The molecular weight excluding hydrogens is 260 g/mol. The Kier molecular flexibility index (Phi) is 5.23. The molecule has 1 saturated heterocycles. The molecule has 21 heavy (non-hydrogen) atoms. The van der Waals surface area contributed by atoms with Crippen LogP contribution in [-0.4, -0.2) is 49.3 Å². The lowest BCUT2D eigenvalue weighted by molar-refractivity contribution is -0.0789. The van der Waals surface area contributed by atoms with Crippen molar-refractivity contribution in [2.24, 2.45) is 5.41 Å². The molecule has 3 fully saturated rings. The molecule has 2 aliphatic carbocycles. The first-order chi connectivity index (χ1) is 10.2. The molecule has 0 aromatic carbocycles. The zero-order chi connectivity index (χ0) is 14.7. The Morgan fingerprint density at radius 2 is 1.62 bits per heavy atom. The lowest BCUT2D eigenvalue weighted by atomic mass is 9.79. The molecule has 122 valence electrons. The molecule has 3 rings (SSSR count). The van der Waals surface area contributed by atoms with Crippen LogP contribution in [0.25, 0.3) is 0 Å². The van der Waals surface area contributed by atoms with Crippen molar-refractivity contribution in [1.29, 1.82) is 0 Å². The van der Waals surface area contributed by atoms with Crippen molar-refractivity contribution in [3.63, 3.8) is 0 Å². The molecule has 3 nitrogen and oxygen atoms in total. The molecule has 1 heterocycles. The third-order valence-corrected chi connectivity index (χ3v) is 5.56. The minimum atomic E-state index is 0.396. The van der Waals surface area contributed by atoms with Gasteiger partial charge in [-0.3, -0.25) is 4.90 Å². The van der Waals surface area contributed by atoms with Crippen molar-refractivity contribution in [3.05, 3.63) is 0 Å². The molecule has 2 unspecified atom stereocenters. The third kappa shape index (κ3) is 4.67. The molecule has 1 aliphatic heterocycles. The van der Waals surface area contributed by atoms with Gasteiger partial charge in [0.1, 0.15) is 0 Å². The summed E-state index contributed by atoms with van der Waals surface area (Å²) in [5.41, 5.74) is 0.524. The van der Waals surface area contributed by atoms with E-state index in [1.165, 1.54) is 64.5 Å². The number of hydrogen-bond donors (Lipinski definition) is 1. The molecule has 0 amide bonds. The van der Waals surface area contributed by atoms with Gasteiger partial charge < -0.3 is 10.1 Å². The third-order valence-electron chi connectivity index (χ3n) is 5.56. The van der Waals surface area contributed by atoms with E-state index in [-0.39, 0.29) is 0 Å². The van der Waals surface area contributed by atoms with E-state index in [0.717, 1.165) is 19.1 Å². The number of hydrogen-bond acceptors (Lipinski definition) is 3. The Balaban J connectivity index is 1.61. The van der Waals surface area contributed by atoms with E-state index in [9.17, 15) is 0 Å². The summed E-state index contributed by atoms with van der Waals surface area (Å²) in [6.07, 6.45) is 12.2. The first-order valence-corrected chi connectivity index (χ1v) is 9.26. The molecule has 0 spiro atoms. The predicted molar refractivity (Wildman–Crippen MR) is 87.6 cm³/mol. The standard InChI is InChI=1S/C18H34N2O/c1-15-11-20(12-16(2)21-15)14-18(13-19-17-7-8-17)9-5-3-4-6-10-18/h15-17,19H,3-14H2,1-2H3. The van der Waals surface area contributed by atoms with Gasteiger partial charge >= 0.3 is 0 Å². The Hall–Kier alpha value is -0.120. The normalized spacial score (nSPS) is 34.6. The van der Waals surface area contributed by atoms with Crippen molar-refractivity contribution in [3.8, 4) is 0 Å². The summed E-state index contributed by atoms with van der Waals surface area (Å²) in [5, 5.41) is 3.85. The van der Waals surface area contributed by atoms with Crippen LogP contribution < -0.4 is 5.32 Å². The summed E-state index contributed by atoms with van der Waals surface area (Å²) < 4.78 is 5.91. The van der Waals surface area contributed by atoms with Crippen molar-refractivity contribution in [1.82, 2.24) is 10.2 Å². The average Bonchev–Trinajstić information content (AvgIpc) is 3.23. The van der Waals surface area contributed by atoms with Crippen LogP contribution in [0.2, 0.25) is 0 Å². The molecule has 1 N–H and O–H groups in total. The summed E-state index contributed by atoms with van der Waals surface area (Å²) >= 11 is 0. The van der Waals surface area contributed by atoms with Crippen molar-refractivity contribution < 1.29 is 4.74 Å². The summed E-state index contributed by atoms with van der Waals surface area (Å²) in [4.78, 5) is 2.69. The van der Waals surface area contributed by atoms with E-state index in [1.54, 1.807) is 0 Å². The van der Waals surface area contributed by atoms with Crippen LogP contribution in [0.4, 0.5) is 0 Å². The molecule has 3 heteroatoms. The average molecular weight is 294 g/mol. The van der Waals surface area contributed by atoms with Crippen LogP contribution in [0.3, 0.4) is 0 Å². The highest BCUT2D eigenvalue weighted by molar-refractivity contribution is 4.92. The fraction of sp³-hybridized carbons (Fsp3) is 1.00. The molecule has 3 aliphatic rings. The van der Waals surface area contributed by atoms with Gasteiger partial charge in [0.25, 0.3) is 0 Å². The quantitative estimate of drug-likeness (QED) is 0.788. The van der Waals surface area contributed by atoms with E-state index < -0.39 is 0 Å². The summed E-state index contributed by atoms with van der Waals surface area (Å²) in [6.45, 7) is 9.23. The SMILES string of the molecule is CC1CN(CC2(CNC3CC3)CCCCCC2)CC(C)O1. The monoisotopic (exact) mass is 294 g/mol. The zero-order valence-electron chi connectivity index (χ0n) is 14.1. The van der Waals surface area contributed by atoms with Crippen molar-refractivity contribution >= 4 is 0 Å². The van der Waals surface area contributed by atoms with Crippen molar-refractivity contribution in [2.45, 2.75) is 83.5 Å². The molecule has 2 atom stereocenters. The van der Waals surface area contributed by atoms with Gasteiger partial charge in [-0.25, -0.2) is 0 Å². The maximum Gasteiger partial charge on any atom is 0.0678 e. The minimum Gasteiger partial charge on any atom is -0.373 e. The van der Waals surface area contributed by atoms with Gasteiger partial charge in [-0.2, -0.15) is 0 Å². The maximum absolute atomic E-state index is 5.91. The van der Waals surface area contributed by atoms with Crippen molar-refractivity contribution in [2.75, 3.05) is 26.2 Å². The fourth-order valence-corrected chi connectivity index (χ4v) is 4.41. The lowest BCUT2D eigenvalue weighted by Crippen LogP contribution is -2.51. The lowest BCUT2D eigenvalue weighted by Gasteiger charge is -2.43. The summed E-state index contributed by atoms with van der Waals surface area (Å²) in [5.74, 6) is 0. The highest BCUT2D eigenvalue weighted by Crippen LogP contribution is 2.37. The first-order valence-electron chi connectivity index (χ1n) is 9.26. The van der Waals surface area contributed by atoms with Gasteiger partial charge in [0.05, 0.1) is 12.2 Å². The largest absolute Gasteiger partial charge is 0.373 e. The minimum absolute atomic E-state index is 0.396. The highest BCUT2D eigenvalue weighted by atomic mass is 16.5. The topological polar surface area (TPSA) is 24.5 Å². The van der Waals surface area contributed by atoms with E-state index >= 15 is 0 Å². The van der Waals surface area contributed by atoms with Gasteiger partial charge in [-0.1, -0.05) is 25.7 Å². The number of nitrogens with one attached hydrogen (secondary N) is 1. The summed E-state index contributed by atoms with van der Waals surface area (Å²) in [6, 6.07) is 0.840. The van der Waals surface area contributed by atoms with Gasteiger partial charge in [-0.05, 0) is 44.9 Å².